The second kappa shape index (κ2) is 11.7. The number of halogens is 1. The number of benzene rings is 2. The van der Waals surface area contributed by atoms with E-state index in [4.69, 9.17) is 21.1 Å². The van der Waals surface area contributed by atoms with Crippen LogP contribution in [0.25, 0.3) is 10.2 Å². The van der Waals surface area contributed by atoms with Crippen LogP contribution in [0, 0.1) is 0 Å². The lowest BCUT2D eigenvalue weighted by atomic mass is 10.1. The quantitative estimate of drug-likeness (QED) is 0.289. The molecule has 0 aliphatic carbocycles. The van der Waals surface area contributed by atoms with Crippen molar-refractivity contribution in [1.82, 2.24) is 9.88 Å². The van der Waals surface area contributed by atoms with Gasteiger partial charge in [-0.05, 0) is 41.5 Å². The first-order valence-electron chi connectivity index (χ1n) is 11.4. The van der Waals surface area contributed by atoms with E-state index in [1.807, 2.05) is 37.4 Å². The van der Waals surface area contributed by atoms with E-state index in [9.17, 15) is 14.7 Å². The zero-order valence-electron chi connectivity index (χ0n) is 20.0. The predicted octanol–water partition coefficient (Wildman–Crippen LogP) is 4.83. The minimum absolute atomic E-state index is 0.0886. The van der Waals surface area contributed by atoms with Crippen LogP contribution in [0.3, 0.4) is 0 Å². The molecule has 36 heavy (non-hydrogen) atoms. The first kappa shape index (κ1) is 25.9. The maximum atomic E-state index is 13.1. The number of fused-ring (bicyclic) bond motifs is 1. The van der Waals surface area contributed by atoms with Gasteiger partial charge in [-0.1, -0.05) is 35.9 Å². The molecule has 0 aliphatic rings. The van der Waals surface area contributed by atoms with Crippen molar-refractivity contribution in [3.05, 3.63) is 97.6 Å². The van der Waals surface area contributed by atoms with E-state index >= 15 is 0 Å². The van der Waals surface area contributed by atoms with Crippen molar-refractivity contribution in [3.63, 3.8) is 0 Å². The first-order valence-corrected chi connectivity index (χ1v) is 12.6. The SMILES string of the molecule is COc1cccc(C(O)CCOCc2cc3c(=O)c(C(=O)NCc4ccc(Cl)cc4)cn(C)c3s2)c1. The second-order valence-corrected chi connectivity index (χ2v) is 9.91. The molecular weight excluding hydrogens is 500 g/mol. The molecule has 1 unspecified atom stereocenters. The number of rotatable bonds is 10. The Kier molecular flexibility index (Phi) is 8.43. The maximum Gasteiger partial charge on any atom is 0.257 e. The molecule has 0 saturated heterocycles. The molecule has 0 bridgehead atoms. The lowest BCUT2D eigenvalue weighted by Gasteiger charge is -2.12. The van der Waals surface area contributed by atoms with Crippen LogP contribution in [0.2, 0.25) is 5.02 Å². The molecule has 1 atom stereocenters. The number of aromatic nitrogens is 1. The van der Waals surface area contributed by atoms with Crippen LogP contribution in [0.1, 0.15) is 38.9 Å². The molecule has 2 aromatic heterocycles. The summed E-state index contributed by atoms with van der Waals surface area (Å²) >= 11 is 7.35. The predicted molar refractivity (Wildman–Crippen MR) is 142 cm³/mol. The van der Waals surface area contributed by atoms with E-state index in [1.54, 1.807) is 42.1 Å². The summed E-state index contributed by atoms with van der Waals surface area (Å²) in [5.41, 5.74) is 1.43. The van der Waals surface area contributed by atoms with Gasteiger partial charge in [0.15, 0.2) is 0 Å². The van der Waals surface area contributed by atoms with E-state index in [-0.39, 0.29) is 11.0 Å². The Labute approximate surface area is 217 Å². The minimum atomic E-state index is -0.664. The Balaban J connectivity index is 1.38. The Morgan fingerprint density at radius 1 is 1.19 bits per heavy atom. The molecule has 188 valence electrons. The van der Waals surface area contributed by atoms with Crippen molar-refractivity contribution >= 4 is 39.1 Å². The highest BCUT2D eigenvalue weighted by Gasteiger charge is 2.17. The molecule has 2 N–H and O–H groups in total. The molecular formula is C27H27ClN2O5S. The van der Waals surface area contributed by atoms with Gasteiger partial charge in [-0.3, -0.25) is 9.59 Å². The van der Waals surface area contributed by atoms with Gasteiger partial charge in [-0.15, -0.1) is 11.3 Å². The molecule has 4 aromatic rings. The first-order chi connectivity index (χ1) is 17.4. The fourth-order valence-electron chi connectivity index (χ4n) is 3.81. The summed E-state index contributed by atoms with van der Waals surface area (Å²) in [5, 5.41) is 14.3. The zero-order chi connectivity index (χ0) is 25.7. The van der Waals surface area contributed by atoms with Crippen LogP contribution in [-0.2, 0) is 24.9 Å². The molecule has 1 amide bonds. The van der Waals surface area contributed by atoms with Crippen LogP contribution in [0.15, 0.2) is 65.6 Å². The molecule has 2 aromatic carbocycles. The molecule has 4 rings (SSSR count). The molecule has 0 radical (unpaired) electrons. The van der Waals surface area contributed by atoms with Gasteiger partial charge in [0.2, 0.25) is 5.43 Å². The monoisotopic (exact) mass is 526 g/mol. The number of aliphatic hydroxyl groups excluding tert-OH is 1. The van der Waals surface area contributed by atoms with Crippen LogP contribution < -0.4 is 15.5 Å². The van der Waals surface area contributed by atoms with Crippen molar-refractivity contribution in [2.75, 3.05) is 13.7 Å². The number of ether oxygens (including phenoxy) is 2. The number of carbonyl (C=O) groups excluding carboxylic acids is 1. The van der Waals surface area contributed by atoms with E-state index < -0.39 is 12.0 Å². The number of aryl methyl sites for hydroxylation is 1. The number of nitrogens with one attached hydrogen (secondary N) is 1. The third kappa shape index (κ3) is 6.14. The molecule has 0 fully saturated rings. The molecule has 0 aliphatic heterocycles. The van der Waals surface area contributed by atoms with Crippen LogP contribution in [0.5, 0.6) is 5.75 Å². The van der Waals surface area contributed by atoms with Crippen molar-refractivity contribution in [2.24, 2.45) is 7.05 Å². The minimum Gasteiger partial charge on any atom is -0.497 e. The highest BCUT2D eigenvalue weighted by Crippen LogP contribution is 2.25. The normalized spacial score (nSPS) is 12.0. The fourth-order valence-corrected chi connectivity index (χ4v) is 4.96. The van der Waals surface area contributed by atoms with Gasteiger partial charge in [0, 0.05) is 42.7 Å². The third-order valence-corrected chi connectivity index (χ3v) is 7.22. The van der Waals surface area contributed by atoms with E-state index in [0.717, 1.165) is 20.8 Å². The highest BCUT2D eigenvalue weighted by atomic mass is 35.5. The van der Waals surface area contributed by atoms with Gasteiger partial charge in [-0.25, -0.2) is 0 Å². The average Bonchev–Trinajstić information content (AvgIpc) is 3.33. The van der Waals surface area contributed by atoms with Crippen LogP contribution in [-0.4, -0.2) is 29.3 Å². The van der Waals surface area contributed by atoms with Crippen LogP contribution in [0.4, 0.5) is 0 Å². The lowest BCUT2D eigenvalue weighted by Crippen LogP contribution is -2.29. The van der Waals surface area contributed by atoms with Gasteiger partial charge in [0.05, 0.1) is 25.2 Å². The summed E-state index contributed by atoms with van der Waals surface area (Å²) in [7, 11) is 3.40. The summed E-state index contributed by atoms with van der Waals surface area (Å²) in [6.07, 6.45) is 1.33. The Hall–Kier alpha value is -3.17. The molecule has 0 spiro atoms. The number of aliphatic hydroxyl groups is 1. The molecule has 9 heteroatoms. The van der Waals surface area contributed by atoms with Gasteiger partial charge >= 0.3 is 0 Å². The van der Waals surface area contributed by atoms with Crippen molar-refractivity contribution in [1.29, 1.82) is 0 Å². The fraction of sp³-hybridized carbons (Fsp3) is 0.259. The summed E-state index contributed by atoms with van der Waals surface area (Å²) < 4.78 is 12.8. The standard InChI is InChI=1S/C27H27ClN2O5S/c1-30-15-23(26(33)29-14-17-6-8-19(28)9-7-17)25(32)22-13-21(36-27(22)30)16-35-11-10-24(31)18-4-3-5-20(12-18)34-2/h3-9,12-13,15,24,31H,10-11,14,16H2,1-2H3,(H,29,33). The Morgan fingerprint density at radius 3 is 2.72 bits per heavy atom. The Bertz CT molecular complexity index is 1410. The average molecular weight is 527 g/mol. The lowest BCUT2D eigenvalue weighted by molar-refractivity contribution is 0.0744. The molecule has 7 nitrogen and oxygen atoms in total. The number of carbonyl (C=O) groups is 1. The number of amides is 1. The van der Waals surface area contributed by atoms with Gasteiger partial charge in [-0.2, -0.15) is 0 Å². The number of pyridine rings is 1. The summed E-state index contributed by atoms with van der Waals surface area (Å²) in [6, 6.07) is 16.2. The van der Waals surface area contributed by atoms with E-state index in [0.29, 0.717) is 42.3 Å². The smallest absolute Gasteiger partial charge is 0.257 e. The number of hydrogen-bond acceptors (Lipinski definition) is 6. The molecule has 2 heterocycles. The van der Waals surface area contributed by atoms with Crippen LogP contribution >= 0.6 is 22.9 Å². The van der Waals surface area contributed by atoms with Gasteiger partial charge in [0.25, 0.3) is 5.91 Å². The molecule has 0 saturated carbocycles. The van der Waals surface area contributed by atoms with E-state index in [1.165, 1.54) is 11.3 Å². The highest BCUT2D eigenvalue weighted by molar-refractivity contribution is 7.18. The summed E-state index contributed by atoms with van der Waals surface area (Å²) in [4.78, 5) is 27.4. The van der Waals surface area contributed by atoms with E-state index in [2.05, 4.69) is 5.32 Å². The largest absolute Gasteiger partial charge is 0.497 e. The van der Waals surface area contributed by atoms with Crippen molar-refractivity contribution in [3.8, 4) is 5.75 Å². The number of thiophene rings is 1. The summed E-state index contributed by atoms with van der Waals surface area (Å²) in [5.74, 6) is 0.264. The zero-order valence-corrected chi connectivity index (χ0v) is 21.6. The number of nitrogens with zero attached hydrogens (tertiary/aromatic N) is 1. The Morgan fingerprint density at radius 2 is 1.97 bits per heavy atom. The number of methoxy groups -OCH3 is 1. The van der Waals surface area contributed by atoms with Crippen molar-refractivity contribution in [2.45, 2.75) is 25.7 Å². The second-order valence-electron chi connectivity index (χ2n) is 8.36. The van der Waals surface area contributed by atoms with Gasteiger partial charge in [0.1, 0.15) is 16.1 Å². The number of hydrogen-bond donors (Lipinski definition) is 2. The van der Waals surface area contributed by atoms with Gasteiger partial charge < -0.3 is 24.5 Å². The van der Waals surface area contributed by atoms with Crippen molar-refractivity contribution < 1.29 is 19.4 Å². The third-order valence-electron chi connectivity index (χ3n) is 5.77. The topological polar surface area (TPSA) is 89.8 Å². The summed E-state index contributed by atoms with van der Waals surface area (Å²) in [6.45, 7) is 0.949. The maximum absolute atomic E-state index is 13.1.